The molecule has 4 amide bonds. The minimum atomic E-state index is -4.20. The molecular formula is C25H25N5O8S. The molecule has 2 aromatic carbocycles. The van der Waals surface area contributed by atoms with Gasteiger partial charge in [-0.25, -0.2) is 22.9 Å². The van der Waals surface area contributed by atoms with Crippen LogP contribution in [0.1, 0.15) is 15.9 Å². The Balaban J connectivity index is 1.47. The highest BCUT2D eigenvalue weighted by Gasteiger charge is 2.19. The number of pyridine rings is 1. The topological polar surface area (TPSA) is 196 Å². The van der Waals surface area contributed by atoms with Gasteiger partial charge in [0.05, 0.1) is 17.0 Å². The number of nitrogens with two attached hydrogens (primary N) is 1. The second kappa shape index (κ2) is 13.6. The lowest BCUT2D eigenvalue weighted by atomic mass is 10.1. The van der Waals surface area contributed by atoms with Crippen molar-refractivity contribution < 1.29 is 37.1 Å². The maximum absolute atomic E-state index is 12.6. The van der Waals surface area contributed by atoms with E-state index in [9.17, 15) is 27.6 Å². The van der Waals surface area contributed by atoms with E-state index in [2.05, 4.69) is 10.3 Å². The van der Waals surface area contributed by atoms with Crippen molar-refractivity contribution in [3.63, 3.8) is 0 Å². The van der Waals surface area contributed by atoms with Crippen molar-refractivity contribution in [3.8, 4) is 11.6 Å². The lowest BCUT2D eigenvalue weighted by molar-refractivity contribution is -0.123. The predicted molar refractivity (Wildman–Crippen MR) is 137 cm³/mol. The molecule has 0 fully saturated rings. The molecule has 5 N–H and O–H groups in total. The Morgan fingerprint density at radius 2 is 1.62 bits per heavy atom. The SMILES string of the molecule is NCC(=O)NC(=O)Oc1ccc(C(=O)NS(=O)(=O)c2ccc(CCNC(=O)COc3ccccc3)cc2)cn1. The van der Waals surface area contributed by atoms with Crippen molar-refractivity contribution in [2.45, 2.75) is 11.3 Å². The van der Waals surface area contributed by atoms with Crippen molar-refractivity contribution in [1.29, 1.82) is 0 Å². The van der Waals surface area contributed by atoms with E-state index < -0.39 is 34.5 Å². The molecule has 0 saturated heterocycles. The van der Waals surface area contributed by atoms with Crippen LogP contribution in [-0.2, 0) is 26.0 Å². The Kier molecular flexibility index (Phi) is 10.1. The number of carbonyl (C=O) groups is 4. The number of carbonyl (C=O) groups excluding carboxylic acids is 4. The van der Waals surface area contributed by atoms with Crippen LogP contribution in [0.3, 0.4) is 0 Å². The first-order chi connectivity index (χ1) is 18.7. The number of benzene rings is 2. The number of nitrogens with zero attached hydrogens (tertiary/aromatic N) is 1. The second-order valence-electron chi connectivity index (χ2n) is 7.81. The highest BCUT2D eigenvalue weighted by molar-refractivity contribution is 7.90. The molecule has 0 saturated carbocycles. The Labute approximate surface area is 223 Å². The molecule has 0 spiro atoms. The molecule has 1 heterocycles. The fourth-order valence-electron chi connectivity index (χ4n) is 3.00. The lowest BCUT2D eigenvalue weighted by Crippen LogP contribution is -2.37. The first-order valence-corrected chi connectivity index (χ1v) is 12.9. The van der Waals surface area contributed by atoms with E-state index in [4.69, 9.17) is 15.2 Å². The molecule has 0 aliphatic carbocycles. The number of imide groups is 1. The molecule has 13 nitrogen and oxygen atoms in total. The van der Waals surface area contributed by atoms with Crippen molar-refractivity contribution in [1.82, 2.24) is 20.3 Å². The molecule has 204 valence electrons. The molecular weight excluding hydrogens is 530 g/mol. The average molecular weight is 556 g/mol. The van der Waals surface area contributed by atoms with Gasteiger partial charge in [0.2, 0.25) is 11.8 Å². The van der Waals surface area contributed by atoms with Gasteiger partial charge < -0.3 is 20.5 Å². The number of rotatable bonds is 11. The fourth-order valence-corrected chi connectivity index (χ4v) is 3.97. The van der Waals surface area contributed by atoms with Gasteiger partial charge in [0, 0.05) is 18.8 Å². The van der Waals surface area contributed by atoms with Gasteiger partial charge in [0.15, 0.2) is 6.61 Å². The van der Waals surface area contributed by atoms with Crippen LogP contribution in [0.15, 0.2) is 77.8 Å². The number of hydrogen-bond donors (Lipinski definition) is 4. The van der Waals surface area contributed by atoms with Crippen LogP contribution in [0, 0.1) is 0 Å². The van der Waals surface area contributed by atoms with Crippen LogP contribution < -0.4 is 30.6 Å². The quantitative estimate of drug-likeness (QED) is 0.259. The standard InChI is InChI=1S/C25H25N5O8S/c26-14-21(31)29-25(34)38-23-11-8-18(15-28-23)24(33)30-39(35,36)20-9-6-17(7-10-20)12-13-27-22(32)16-37-19-4-2-1-3-5-19/h1-11,15H,12-14,16,26H2,(H,27,32)(H,30,33)(H,29,31,34). The minimum Gasteiger partial charge on any atom is -0.484 e. The molecule has 3 aromatic rings. The third kappa shape index (κ3) is 9.21. The van der Waals surface area contributed by atoms with Gasteiger partial charge in [0.25, 0.3) is 21.8 Å². The molecule has 0 atom stereocenters. The van der Waals surface area contributed by atoms with Gasteiger partial charge in [0.1, 0.15) is 5.75 Å². The van der Waals surface area contributed by atoms with E-state index in [1.165, 1.54) is 18.2 Å². The fraction of sp³-hybridized carbons (Fsp3) is 0.160. The summed E-state index contributed by atoms with van der Waals surface area (Å²) >= 11 is 0. The molecule has 14 heteroatoms. The van der Waals surface area contributed by atoms with Gasteiger partial charge in [-0.05, 0) is 42.3 Å². The molecule has 3 rings (SSSR count). The summed E-state index contributed by atoms with van der Waals surface area (Å²) < 4.78 is 37.3. The van der Waals surface area contributed by atoms with Crippen molar-refractivity contribution >= 4 is 33.8 Å². The maximum Gasteiger partial charge on any atom is 0.420 e. The predicted octanol–water partition coefficient (Wildman–Crippen LogP) is 0.512. The largest absolute Gasteiger partial charge is 0.484 e. The summed E-state index contributed by atoms with van der Waals surface area (Å²) in [5.74, 6) is -1.65. The van der Waals surface area contributed by atoms with Crippen LogP contribution in [0.2, 0.25) is 0 Å². The zero-order valence-corrected chi connectivity index (χ0v) is 21.3. The first kappa shape index (κ1) is 28.7. The van der Waals surface area contributed by atoms with E-state index in [0.717, 1.165) is 17.8 Å². The number of amides is 4. The minimum absolute atomic E-state index is 0.118. The van der Waals surface area contributed by atoms with E-state index in [-0.39, 0.29) is 28.9 Å². The average Bonchev–Trinajstić information content (AvgIpc) is 2.92. The van der Waals surface area contributed by atoms with Crippen LogP contribution >= 0.6 is 0 Å². The van der Waals surface area contributed by atoms with Crippen LogP contribution in [0.25, 0.3) is 0 Å². The Hall–Kier alpha value is -4.82. The summed E-state index contributed by atoms with van der Waals surface area (Å²) in [7, 11) is -4.20. The second-order valence-corrected chi connectivity index (χ2v) is 9.49. The zero-order valence-electron chi connectivity index (χ0n) is 20.5. The molecule has 0 aliphatic heterocycles. The molecule has 1 aromatic heterocycles. The van der Waals surface area contributed by atoms with Gasteiger partial charge >= 0.3 is 6.09 Å². The van der Waals surface area contributed by atoms with Crippen LogP contribution in [0.5, 0.6) is 11.6 Å². The van der Waals surface area contributed by atoms with Crippen LogP contribution in [-0.4, -0.2) is 56.9 Å². The third-order valence-corrected chi connectivity index (χ3v) is 6.28. The number of ether oxygens (including phenoxy) is 2. The normalized spacial score (nSPS) is 10.7. The van der Waals surface area contributed by atoms with Crippen LogP contribution in [0.4, 0.5) is 4.79 Å². The molecule has 39 heavy (non-hydrogen) atoms. The van der Waals surface area contributed by atoms with E-state index in [1.807, 2.05) is 16.1 Å². The maximum atomic E-state index is 12.6. The molecule has 0 bridgehead atoms. The van der Waals surface area contributed by atoms with E-state index in [0.29, 0.717) is 18.7 Å². The van der Waals surface area contributed by atoms with Gasteiger partial charge in [-0.3, -0.25) is 19.7 Å². The van der Waals surface area contributed by atoms with Gasteiger partial charge in [-0.15, -0.1) is 0 Å². The zero-order chi connectivity index (χ0) is 28.3. The van der Waals surface area contributed by atoms with Crippen molar-refractivity contribution in [2.75, 3.05) is 19.7 Å². The number of para-hydroxylation sites is 1. The Bertz CT molecular complexity index is 1410. The summed E-state index contributed by atoms with van der Waals surface area (Å²) in [6, 6.07) is 17.1. The number of nitrogens with one attached hydrogen (secondary N) is 3. The highest BCUT2D eigenvalue weighted by atomic mass is 32.2. The highest BCUT2D eigenvalue weighted by Crippen LogP contribution is 2.13. The first-order valence-electron chi connectivity index (χ1n) is 11.4. The lowest BCUT2D eigenvalue weighted by Gasteiger charge is -2.09. The van der Waals surface area contributed by atoms with Gasteiger partial charge in [-0.1, -0.05) is 30.3 Å². The Morgan fingerprint density at radius 1 is 0.897 bits per heavy atom. The Morgan fingerprint density at radius 3 is 2.26 bits per heavy atom. The molecule has 0 unspecified atom stereocenters. The summed E-state index contributed by atoms with van der Waals surface area (Å²) in [5, 5.41) is 4.57. The number of hydrogen-bond acceptors (Lipinski definition) is 10. The molecule has 0 radical (unpaired) electrons. The van der Waals surface area contributed by atoms with E-state index >= 15 is 0 Å². The smallest absolute Gasteiger partial charge is 0.420 e. The van der Waals surface area contributed by atoms with E-state index in [1.54, 1.807) is 36.4 Å². The summed E-state index contributed by atoms with van der Waals surface area (Å²) in [5.41, 5.74) is 5.72. The van der Waals surface area contributed by atoms with Gasteiger partial charge in [-0.2, -0.15) is 0 Å². The number of sulfonamides is 1. The third-order valence-electron chi connectivity index (χ3n) is 4.93. The van der Waals surface area contributed by atoms with Crippen molar-refractivity contribution in [2.24, 2.45) is 5.73 Å². The van der Waals surface area contributed by atoms with Crippen molar-refractivity contribution in [3.05, 3.63) is 84.1 Å². The summed E-state index contributed by atoms with van der Waals surface area (Å²) in [6.07, 6.45) is 0.337. The summed E-state index contributed by atoms with van der Waals surface area (Å²) in [4.78, 5) is 50.5. The monoisotopic (exact) mass is 555 g/mol. The summed E-state index contributed by atoms with van der Waals surface area (Å²) in [6.45, 7) is -0.225. The molecule has 0 aliphatic rings. The number of aromatic nitrogens is 1.